The summed E-state index contributed by atoms with van der Waals surface area (Å²) in [6.07, 6.45) is 1.01. The van der Waals surface area contributed by atoms with Crippen molar-refractivity contribution >= 4 is 5.91 Å². The minimum Gasteiger partial charge on any atom is -0.389 e. The number of hydrogen-bond acceptors (Lipinski definition) is 3. The SMILES string of the molecule is CCC(C)(O)CNCCC(N)=O. The van der Waals surface area contributed by atoms with Gasteiger partial charge in [-0.2, -0.15) is 0 Å². The van der Waals surface area contributed by atoms with Crippen LogP contribution < -0.4 is 11.1 Å². The predicted molar refractivity (Wildman–Crippen MR) is 47.6 cm³/mol. The van der Waals surface area contributed by atoms with Crippen molar-refractivity contribution in [1.29, 1.82) is 0 Å². The topological polar surface area (TPSA) is 75.3 Å². The summed E-state index contributed by atoms with van der Waals surface area (Å²) in [7, 11) is 0. The molecular formula is C8H18N2O2. The molecule has 0 radical (unpaired) electrons. The summed E-state index contributed by atoms with van der Waals surface area (Å²) >= 11 is 0. The van der Waals surface area contributed by atoms with Gasteiger partial charge in [0.2, 0.25) is 5.91 Å². The van der Waals surface area contributed by atoms with Crippen LogP contribution in [0.1, 0.15) is 26.7 Å². The Labute approximate surface area is 73.1 Å². The van der Waals surface area contributed by atoms with E-state index in [0.717, 1.165) is 0 Å². The molecule has 0 saturated carbocycles. The molecule has 0 fully saturated rings. The molecule has 1 atom stereocenters. The fraction of sp³-hybridized carbons (Fsp3) is 0.875. The number of hydrogen-bond donors (Lipinski definition) is 3. The molecule has 0 aromatic heterocycles. The summed E-state index contributed by atoms with van der Waals surface area (Å²) in [5, 5.41) is 12.5. The molecule has 4 N–H and O–H groups in total. The van der Waals surface area contributed by atoms with Crippen LogP contribution >= 0.6 is 0 Å². The maximum atomic E-state index is 10.3. The lowest BCUT2D eigenvalue weighted by Gasteiger charge is -2.21. The maximum Gasteiger partial charge on any atom is 0.218 e. The fourth-order valence-corrected chi connectivity index (χ4v) is 0.694. The summed E-state index contributed by atoms with van der Waals surface area (Å²) in [5.41, 5.74) is 4.25. The monoisotopic (exact) mass is 174 g/mol. The first-order valence-electron chi connectivity index (χ1n) is 4.19. The van der Waals surface area contributed by atoms with Gasteiger partial charge in [-0.25, -0.2) is 0 Å². The molecular weight excluding hydrogens is 156 g/mol. The number of aliphatic hydroxyl groups is 1. The van der Waals surface area contributed by atoms with Crippen LogP contribution in [0, 0.1) is 0 Å². The van der Waals surface area contributed by atoms with E-state index in [-0.39, 0.29) is 5.91 Å². The van der Waals surface area contributed by atoms with E-state index in [1.165, 1.54) is 0 Å². The van der Waals surface area contributed by atoms with Crippen LogP contribution in [0.3, 0.4) is 0 Å². The summed E-state index contributed by atoms with van der Waals surface area (Å²) in [6, 6.07) is 0. The Morgan fingerprint density at radius 3 is 2.67 bits per heavy atom. The molecule has 0 saturated heterocycles. The number of nitrogens with one attached hydrogen (secondary N) is 1. The molecule has 12 heavy (non-hydrogen) atoms. The number of rotatable bonds is 6. The average molecular weight is 174 g/mol. The minimum atomic E-state index is -0.683. The fourth-order valence-electron chi connectivity index (χ4n) is 0.694. The summed E-state index contributed by atoms with van der Waals surface area (Å²) < 4.78 is 0. The number of primary amides is 1. The van der Waals surface area contributed by atoms with Crippen molar-refractivity contribution in [2.45, 2.75) is 32.3 Å². The Morgan fingerprint density at radius 2 is 2.25 bits per heavy atom. The van der Waals surface area contributed by atoms with Crippen LogP contribution in [0.2, 0.25) is 0 Å². The van der Waals surface area contributed by atoms with Gasteiger partial charge in [0.1, 0.15) is 0 Å². The van der Waals surface area contributed by atoms with Crippen molar-refractivity contribution < 1.29 is 9.90 Å². The van der Waals surface area contributed by atoms with E-state index < -0.39 is 5.60 Å². The van der Waals surface area contributed by atoms with Gasteiger partial charge in [0.05, 0.1) is 5.60 Å². The van der Waals surface area contributed by atoms with Crippen LogP contribution in [0.4, 0.5) is 0 Å². The van der Waals surface area contributed by atoms with Crippen LogP contribution in [0.25, 0.3) is 0 Å². The van der Waals surface area contributed by atoms with Crippen LogP contribution in [0.15, 0.2) is 0 Å². The molecule has 0 spiro atoms. The van der Waals surface area contributed by atoms with E-state index in [9.17, 15) is 9.90 Å². The zero-order valence-corrected chi connectivity index (χ0v) is 7.76. The molecule has 1 unspecified atom stereocenters. The smallest absolute Gasteiger partial charge is 0.218 e. The highest BCUT2D eigenvalue weighted by Gasteiger charge is 2.15. The highest BCUT2D eigenvalue weighted by Crippen LogP contribution is 2.05. The van der Waals surface area contributed by atoms with Crippen molar-refractivity contribution in [1.82, 2.24) is 5.32 Å². The van der Waals surface area contributed by atoms with Crippen molar-refractivity contribution in [3.8, 4) is 0 Å². The van der Waals surface area contributed by atoms with Gasteiger partial charge in [0.15, 0.2) is 0 Å². The normalized spacial score (nSPS) is 15.6. The number of amides is 1. The molecule has 0 rings (SSSR count). The lowest BCUT2D eigenvalue weighted by Crippen LogP contribution is -2.38. The van der Waals surface area contributed by atoms with E-state index >= 15 is 0 Å². The van der Waals surface area contributed by atoms with E-state index in [1.54, 1.807) is 6.92 Å². The summed E-state index contributed by atoms with van der Waals surface area (Å²) in [6.45, 7) is 4.70. The Morgan fingerprint density at radius 1 is 1.67 bits per heavy atom. The second-order valence-electron chi connectivity index (χ2n) is 3.24. The Balaban J connectivity index is 3.37. The van der Waals surface area contributed by atoms with Crippen LogP contribution in [-0.2, 0) is 4.79 Å². The molecule has 72 valence electrons. The number of nitrogens with two attached hydrogens (primary N) is 1. The van der Waals surface area contributed by atoms with E-state index in [1.807, 2.05) is 6.92 Å². The third-order valence-corrected chi connectivity index (χ3v) is 1.82. The van der Waals surface area contributed by atoms with Crippen molar-refractivity contribution in [2.75, 3.05) is 13.1 Å². The second-order valence-corrected chi connectivity index (χ2v) is 3.24. The van der Waals surface area contributed by atoms with Crippen molar-refractivity contribution in [3.63, 3.8) is 0 Å². The van der Waals surface area contributed by atoms with Gasteiger partial charge in [0.25, 0.3) is 0 Å². The second kappa shape index (κ2) is 5.11. The zero-order valence-electron chi connectivity index (χ0n) is 7.76. The van der Waals surface area contributed by atoms with Gasteiger partial charge in [0, 0.05) is 19.5 Å². The molecule has 0 heterocycles. The third kappa shape index (κ3) is 6.12. The first-order valence-corrected chi connectivity index (χ1v) is 4.19. The van der Waals surface area contributed by atoms with Crippen molar-refractivity contribution in [2.24, 2.45) is 5.73 Å². The van der Waals surface area contributed by atoms with Gasteiger partial charge < -0.3 is 16.2 Å². The highest BCUT2D eigenvalue weighted by atomic mass is 16.3. The molecule has 0 bridgehead atoms. The summed E-state index contributed by atoms with van der Waals surface area (Å²) in [5.74, 6) is -0.321. The first kappa shape index (κ1) is 11.4. The quantitative estimate of drug-likeness (QED) is 0.480. The minimum absolute atomic E-state index is 0.319. The lowest BCUT2D eigenvalue weighted by molar-refractivity contribution is -0.117. The van der Waals surface area contributed by atoms with E-state index in [4.69, 9.17) is 5.73 Å². The molecule has 1 amide bonds. The van der Waals surface area contributed by atoms with Gasteiger partial charge in [-0.05, 0) is 13.3 Å². The van der Waals surface area contributed by atoms with Gasteiger partial charge in [-0.3, -0.25) is 4.79 Å². The molecule has 0 aliphatic rings. The predicted octanol–water partition coefficient (Wildman–Crippen LogP) is -0.388. The number of carbonyl (C=O) groups excluding carboxylic acids is 1. The van der Waals surface area contributed by atoms with Crippen molar-refractivity contribution in [3.05, 3.63) is 0 Å². The van der Waals surface area contributed by atoms with E-state index in [0.29, 0.717) is 25.9 Å². The lowest BCUT2D eigenvalue weighted by atomic mass is 10.0. The molecule has 4 nitrogen and oxygen atoms in total. The van der Waals surface area contributed by atoms with Crippen LogP contribution in [-0.4, -0.2) is 29.7 Å². The van der Waals surface area contributed by atoms with Gasteiger partial charge in [-0.1, -0.05) is 6.92 Å². The molecule has 0 aromatic rings. The molecule has 4 heteroatoms. The Bertz CT molecular complexity index is 146. The third-order valence-electron chi connectivity index (χ3n) is 1.82. The largest absolute Gasteiger partial charge is 0.389 e. The van der Waals surface area contributed by atoms with E-state index in [2.05, 4.69) is 5.32 Å². The van der Waals surface area contributed by atoms with Gasteiger partial charge >= 0.3 is 0 Å². The highest BCUT2D eigenvalue weighted by molar-refractivity contribution is 5.73. The maximum absolute atomic E-state index is 10.3. The Hall–Kier alpha value is -0.610. The van der Waals surface area contributed by atoms with Gasteiger partial charge in [-0.15, -0.1) is 0 Å². The molecule has 0 aromatic carbocycles. The zero-order chi connectivity index (χ0) is 9.61. The molecule has 0 aliphatic carbocycles. The van der Waals surface area contributed by atoms with Crippen LogP contribution in [0.5, 0.6) is 0 Å². The standard InChI is InChI=1S/C8H18N2O2/c1-3-8(2,12)6-10-5-4-7(9)11/h10,12H,3-6H2,1-2H3,(H2,9,11). The summed E-state index contributed by atoms with van der Waals surface area (Å²) in [4.78, 5) is 10.3. The first-order chi connectivity index (χ1) is 5.48. The average Bonchev–Trinajstić information content (AvgIpc) is 1.98. The Kier molecular flexibility index (Phi) is 4.85. The molecule has 0 aliphatic heterocycles. The number of carbonyl (C=O) groups is 1.